The van der Waals surface area contributed by atoms with Crippen LogP contribution >= 0.6 is 0 Å². The molecule has 12 nitrogen and oxygen atoms in total. The van der Waals surface area contributed by atoms with E-state index in [0.717, 1.165) is 62.8 Å². The average molecular weight is 612 g/mol. The van der Waals surface area contributed by atoms with Crippen molar-refractivity contribution >= 4 is 34.6 Å². The molecule has 240 valence electrons. The third-order valence-corrected chi connectivity index (χ3v) is 9.32. The molecule has 12 heteroatoms. The molecule has 2 aromatic rings. The number of amides is 3. The second kappa shape index (κ2) is 12.2. The first-order chi connectivity index (χ1) is 20.9. The monoisotopic (exact) mass is 611 g/mol. The Morgan fingerprint density at radius 2 is 1.45 bits per heavy atom. The second-order valence-corrected chi connectivity index (χ2v) is 13.7. The van der Waals surface area contributed by atoms with Gasteiger partial charge in [-0.2, -0.15) is 0 Å². The first-order valence-corrected chi connectivity index (χ1v) is 16.0. The van der Waals surface area contributed by atoms with Gasteiger partial charge in [0.05, 0.1) is 35.4 Å². The number of hydrogen-bond donors (Lipinski definition) is 1. The number of piperidine rings is 3. The number of carbonyl (C=O) groups is 3. The number of nitrogens with one attached hydrogen (secondary N) is 1. The van der Waals surface area contributed by atoms with Crippen LogP contribution in [-0.2, 0) is 30.8 Å². The fraction of sp³-hybridized carbons (Fsp3) is 0.688. The van der Waals surface area contributed by atoms with E-state index in [-0.39, 0.29) is 48.5 Å². The lowest BCUT2D eigenvalue weighted by Gasteiger charge is -2.42. The number of ether oxygens (including phenoxy) is 3. The molecule has 1 atom stereocenters. The molecule has 1 aliphatic carbocycles. The number of imidazole rings is 1. The Hall–Kier alpha value is -3.38. The summed E-state index contributed by atoms with van der Waals surface area (Å²) in [6.07, 6.45) is 6.53. The lowest BCUT2D eigenvalue weighted by Crippen LogP contribution is -2.47. The van der Waals surface area contributed by atoms with E-state index in [1.807, 2.05) is 39.0 Å². The molecule has 44 heavy (non-hydrogen) atoms. The normalized spacial score (nSPS) is 25.7. The molecule has 4 heterocycles. The summed E-state index contributed by atoms with van der Waals surface area (Å²) in [4.78, 5) is 53.6. The second-order valence-electron chi connectivity index (χ2n) is 13.7. The van der Waals surface area contributed by atoms with Gasteiger partial charge in [0.1, 0.15) is 11.6 Å². The maximum Gasteiger partial charge on any atom is 0.410 e. The van der Waals surface area contributed by atoms with E-state index >= 15 is 0 Å². The minimum Gasteiger partial charge on any atom is -0.444 e. The number of anilines is 1. The number of benzene rings is 1. The van der Waals surface area contributed by atoms with Crippen LogP contribution in [0.1, 0.15) is 78.2 Å². The van der Waals surface area contributed by atoms with Crippen molar-refractivity contribution in [2.45, 2.75) is 108 Å². The Bertz CT molecular complexity index is 1450. The van der Waals surface area contributed by atoms with E-state index < -0.39 is 17.6 Å². The van der Waals surface area contributed by atoms with Crippen LogP contribution < -0.4 is 15.9 Å². The van der Waals surface area contributed by atoms with Gasteiger partial charge in [-0.15, -0.1) is 0 Å². The zero-order valence-corrected chi connectivity index (χ0v) is 26.3. The summed E-state index contributed by atoms with van der Waals surface area (Å²) < 4.78 is 21.3. The Kier molecular flexibility index (Phi) is 8.49. The van der Waals surface area contributed by atoms with Gasteiger partial charge < -0.3 is 24.0 Å². The summed E-state index contributed by atoms with van der Waals surface area (Å²) in [6.45, 7) is 8.72. The van der Waals surface area contributed by atoms with Gasteiger partial charge in [-0.1, -0.05) is 0 Å². The predicted molar refractivity (Wildman–Crippen MR) is 164 cm³/mol. The summed E-state index contributed by atoms with van der Waals surface area (Å²) in [5.41, 5.74) is 1.77. The van der Waals surface area contributed by atoms with Crippen LogP contribution in [0.2, 0.25) is 0 Å². The number of carbonyl (C=O) groups excluding carboxylic acids is 3. The highest BCUT2D eigenvalue weighted by Crippen LogP contribution is 2.33. The van der Waals surface area contributed by atoms with Gasteiger partial charge in [0.2, 0.25) is 11.8 Å². The van der Waals surface area contributed by atoms with Gasteiger partial charge in [0, 0.05) is 45.3 Å². The molecule has 1 unspecified atom stereocenters. The van der Waals surface area contributed by atoms with E-state index in [4.69, 9.17) is 14.2 Å². The van der Waals surface area contributed by atoms with Crippen LogP contribution in [0.15, 0.2) is 23.0 Å². The van der Waals surface area contributed by atoms with Gasteiger partial charge >= 0.3 is 11.8 Å². The van der Waals surface area contributed by atoms with Crippen molar-refractivity contribution in [3.63, 3.8) is 0 Å². The molecule has 4 aliphatic rings. The SMILES string of the molecule is Cn1c(=O)n(C2CCC(=O)NC2=O)c2ccc(N3CCC(OC4CC(OC5CCN(C(=O)OC(C)(C)C)CC5)C4)CC3)cc21. The van der Waals surface area contributed by atoms with Crippen LogP contribution in [0.5, 0.6) is 0 Å². The fourth-order valence-corrected chi connectivity index (χ4v) is 6.81. The van der Waals surface area contributed by atoms with E-state index in [1.54, 1.807) is 16.5 Å². The highest BCUT2D eigenvalue weighted by molar-refractivity contribution is 6.00. The number of nitrogens with zero attached hydrogens (tertiary/aromatic N) is 4. The Labute approximate surface area is 257 Å². The number of rotatable bonds is 6. The van der Waals surface area contributed by atoms with Crippen LogP contribution in [0.3, 0.4) is 0 Å². The van der Waals surface area contributed by atoms with E-state index in [9.17, 15) is 19.2 Å². The summed E-state index contributed by atoms with van der Waals surface area (Å²) in [5, 5.41) is 2.36. The average Bonchev–Trinajstić information content (AvgIpc) is 3.20. The van der Waals surface area contributed by atoms with Gasteiger partial charge in [-0.3, -0.25) is 24.0 Å². The van der Waals surface area contributed by atoms with Crippen LogP contribution in [0.25, 0.3) is 11.0 Å². The molecular weight excluding hydrogens is 566 g/mol. The molecule has 1 N–H and O–H groups in total. The standard InChI is InChI=1S/C32H45N5O7/c1-32(2,3)44-31(41)36-15-11-22(12-16-36)43-24-18-23(19-24)42-21-9-13-35(14-10-21)20-5-6-25-27(17-20)34(4)30(40)37(25)26-7-8-28(38)33-29(26)39/h5-6,17,21-24,26H,7-16,18-19H2,1-4H3,(H,33,38,39). The number of aromatic nitrogens is 2. The molecule has 0 bridgehead atoms. The van der Waals surface area contributed by atoms with Gasteiger partial charge in [-0.05, 0) is 83.9 Å². The lowest BCUT2D eigenvalue weighted by molar-refractivity contribution is -0.153. The molecule has 4 fully saturated rings. The molecule has 1 saturated carbocycles. The Morgan fingerprint density at radius 3 is 2.05 bits per heavy atom. The molecule has 0 spiro atoms. The Morgan fingerprint density at radius 1 is 0.841 bits per heavy atom. The van der Waals surface area contributed by atoms with Gasteiger partial charge in [0.25, 0.3) is 0 Å². The van der Waals surface area contributed by atoms with Crippen molar-refractivity contribution in [3.8, 4) is 0 Å². The maximum atomic E-state index is 13.1. The first-order valence-electron chi connectivity index (χ1n) is 16.0. The number of aryl methyl sites for hydroxylation is 1. The van der Waals surface area contributed by atoms with Crippen LogP contribution in [0, 0.1) is 0 Å². The van der Waals surface area contributed by atoms with Crippen molar-refractivity contribution < 1.29 is 28.6 Å². The zero-order valence-electron chi connectivity index (χ0n) is 26.3. The topological polar surface area (TPSA) is 124 Å². The van der Waals surface area contributed by atoms with Crippen LogP contribution in [-0.4, -0.2) is 88.1 Å². The first kappa shape index (κ1) is 30.6. The molecule has 3 aliphatic heterocycles. The maximum absolute atomic E-state index is 13.1. The van der Waals surface area contributed by atoms with Crippen molar-refractivity contribution in [2.24, 2.45) is 7.05 Å². The van der Waals surface area contributed by atoms with Crippen molar-refractivity contribution in [3.05, 3.63) is 28.7 Å². The minimum absolute atomic E-state index is 0.181. The van der Waals surface area contributed by atoms with Crippen molar-refractivity contribution in [1.82, 2.24) is 19.4 Å². The third kappa shape index (κ3) is 6.51. The summed E-state index contributed by atoms with van der Waals surface area (Å²) in [6, 6.07) is 5.26. The molecule has 1 aromatic carbocycles. The third-order valence-electron chi connectivity index (χ3n) is 9.32. The number of imide groups is 1. The lowest BCUT2D eigenvalue weighted by atomic mass is 9.90. The van der Waals surface area contributed by atoms with E-state index in [0.29, 0.717) is 25.0 Å². The molecule has 1 aromatic heterocycles. The number of fused-ring (bicyclic) bond motifs is 1. The quantitative estimate of drug-likeness (QED) is 0.494. The molecule has 3 amide bonds. The highest BCUT2D eigenvalue weighted by Gasteiger charge is 2.37. The number of hydrogen-bond acceptors (Lipinski definition) is 8. The van der Waals surface area contributed by atoms with Gasteiger partial charge in [-0.25, -0.2) is 9.59 Å². The highest BCUT2D eigenvalue weighted by atomic mass is 16.6. The summed E-state index contributed by atoms with van der Waals surface area (Å²) in [5.74, 6) is -0.722. The summed E-state index contributed by atoms with van der Waals surface area (Å²) >= 11 is 0. The van der Waals surface area contributed by atoms with E-state index in [2.05, 4.69) is 10.2 Å². The fourth-order valence-electron chi connectivity index (χ4n) is 6.81. The molecule has 3 saturated heterocycles. The molecular formula is C32H45N5O7. The van der Waals surface area contributed by atoms with Crippen LogP contribution in [0.4, 0.5) is 10.5 Å². The van der Waals surface area contributed by atoms with Crippen molar-refractivity contribution in [1.29, 1.82) is 0 Å². The minimum atomic E-state index is -0.684. The predicted octanol–water partition coefficient (Wildman–Crippen LogP) is 3.25. The molecule has 6 rings (SSSR count). The summed E-state index contributed by atoms with van der Waals surface area (Å²) in [7, 11) is 1.72. The van der Waals surface area contributed by atoms with E-state index in [1.165, 1.54) is 4.57 Å². The molecule has 0 radical (unpaired) electrons. The Balaban J connectivity index is 0.951. The largest absolute Gasteiger partial charge is 0.444 e. The smallest absolute Gasteiger partial charge is 0.410 e. The van der Waals surface area contributed by atoms with Crippen molar-refractivity contribution in [2.75, 3.05) is 31.1 Å². The number of likely N-dealkylation sites (tertiary alicyclic amines) is 1. The zero-order chi connectivity index (χ0) is 31.2. The van der Waals surface area contributed by atoms with Gasteiger partial charge in [0.15, 0.2) is 0 Å².